The first-order valence-electron chi connectivity index (χ1n) is 16.3. The summed E-state index contributed by atoms with van der Waals surface area (Å²) in [7, 11) is -1.75. The normalized spacial score (nSPS) is 11.9. The van der Waals surface area contributed by atoms with Crippen LogP contribution in [0, 0.1) is 20.8 Å². The van der Waals surface area contributed by atoms with Gasteiger partial charge in [0.2, 0.25) is 0 Å². The summed E-state index contributed by atoms with van der Waals surface area (Å²) < 4.78 is 12.1. The van der Waals surface area contributed by atoms with Crippen molar-refractivity contribution in [2.45, 2.75) is 112 Å². The van der Waals surface area contributed by atoms with Crippen molar-refractivity contribution >= 4 is 23.2 Å². The Hall–Kier alpha value is -1.99. The van der Waals surface area contributed by atoms with E-state index in [0.717, 1.165) is 32.5 Å². The molecule has 0 atom stereocenters. The number of hydrogen-bond acceptors (Lipinski definition) is 2. The summed E-state index contributed by atoms with van der Waals surface area (Å²) in [5.74, 6) is 0. The maximum Gasteiger partial charge on any atom is 0.157 e. The topological polar surface area (TPSA) is 18.5 Å². The Morgan fingerprint density at radius 1 is 0.488 bits per heavy atom. The van der Waals surface area contributed by atoms with Gasteiger partial charge in [0.1, 0.15) is 23.2 Å². The zero-order valence-electron chi connectivity index (χ0n) is 26.7. The molecule has 0 fully saturated rings. The lowest BCUT2D eigenvalue weighted by Gasteiger charge is -2.28. The van der Waals surface area contributed by atoms with Crippen molar-refractivity contribution in [2.24, 2.45) is 0 Å². The summed E-state index contributed by atoms with van der Waals surface area (Å²) in [6.45, 7) is 12.6. The molecule has 0 radical (unpaired) electrons. The molecule has 41 heavy (non-hydrogen) atoms. The lowest BCUT2D eigenvalue weighted by molar-refractivity contribution is -0.147. The highest BCUT2D eigenvalue weighted by Crippen LogP contribution is 2.56. The average Bonchev–Trinajstić information content (AvgIpc) is 2.98. The van der Waals surface area contributed by atoms with Gasteiger partial charge in [-0.2, -0.15) is 0 Å². The summed E-state index contributed by atoms with van der Waals surface area (Å²) in [6.07, 6.45) is 14.4. The van der Waals surface area contributed by atoms with E-state index >= 15 is 0 Å². The van der Waals surface area contributed by atoms with Gasteiger partial charge in [0.05, 0.1) is 6.16 Å². The van der Waals surface area contributed by atoms with Crippen LogP contribution in [0.5, 0.6) is 0 Å². The van der Waals surface area contributed by atoms with Gasteiger partial charge < -0.3 is 9.47 Å². The largest absolute Gasteiger partial charge is 0.353 e. The molecule has 0 aliphatic heterocycles. The van der Waals surface area contributed by atoms with Crippen LogP contribution in [-0.2, 0) is 9.47 Å². The standard InChI is InChI=1S/C38H56O2P/c1-6-8-29-39-38(40-30-9-7-2)16-14-12-10-11-13-15-31-41(35-23-17-32(3)18-24-35,36-25-19-33(4)20-26-36)37-27-21-34(5)22-28-37/h17-28,38H,6-16,29-31H2,1-5H3/q+1. The van der Waals surface area contributed by atoms with Crippen molar-refractivity contribution in [3.8, 4) is 0 Å². The van der Waals surface area contributed by atoms with Crippen LogP contribution in [0.3, 0.4) is 0 Å². The van der Waals surface area contributed by atoms with Crippen LogP contribution in [0.15, 0.2) is 72.8 Å². The Morgan fingerprint density at radius 3 is 1.24 bits per heavy atom. The molecule has 224 valence electrons. The second-order valence-electron chi connectivity index (χ2n) is 11.8. The Kier molecular flexibility index (Phi) is 15.1. The maximum atomic E-state index is 6.04. The van der Waals surface area contributed by atoms with Crippen LogP contribution in [0.25, 0.3) is 0 Å². The highest BCUT2D eigenvalue weighted by molar-refractivity contribution is 7.95. The SMILES string of the molecule is CCCCOC(CCCCCCCC[P+](c1ccc(C)cc1)(c1ccc(C)cc1)c1ccc(C)cc1)OCCCC. The summed E-state index contributed by atoms with van der Waals surface area (Å²) in [5.41, 5.74) is 3.98. The second kappa shape index (κ2) is 18.5. The molecule has 3 heteroatoms. The molecule has 0 saturated carbocycles. The van der Waals surface area contributed by atoms with Gasteiger partial charge in [0.25, 0.3) is 0 Å². The lowest BCUT2D eigenvalue weighted by atomic mass is 10.1. The first-order chi connectivity index (χ1) is 20.0. The first kappa shape index (κ1) is 33.5. The molecule has 0 aromatic heterocycles. The lowest BCUT2D eigenvalue weighted by Crippen LogP contribution is -2.33. The fourth-order valence-corrected chi connectivity index (χ4v) is 9.87. The minimum absolute atomic E-state index is 0.0166. The number of aryl methyl sites for hydroxylation is 3. The third kappa shape index (κ3) is 10.7. The van der Waals surface area contributed by atoms with Crippen LogP contribution in [0.2, 0.25) is 0 Å². The number of rotatable bonds is 20. The predicted molar refractivity (Wildman–Crippen MR) is 182 cm³/mol. The van der Waals surface area contributed by atoms with Gasteiger partial charge in [-0.05, 0) is 95.7 Å². The molecular weight excluding hydrogens is 519 g/mol. The van der Waals surface area contributed by atoms with E-state index in [1.807, 2.05) is 0 Å². The van der Waals surface area contributed by atoms with Gasteiger partial charge in [0, 0.05) is 13.2 Å². The quantitative estimate of drug-likeness (QED) is 0.0759. The van der Waals surface area contributed by atoms with Crippen molar-refractivity contribution in [3.05, 3.63) is 89.5 Å². The van der Waals surface area contributed by atoms with Crippen LogP contribution in [-0.4, -0.2) is 25.7 Å². The van der Waals surface area contributed by atoms with E-state index in [0.29, 0.717) is 0 Å². The highest BCUT2D eigenvalue weighted by Gasteiger charge is 2.44. The summed E-state index contributed by atoms with van der Waals surface area (Å²) in [4.78, 5) is 0. The molecule has 3 aromatic rings. The number of unbranched alkanes of at least 4 members (excludes halogenated alkanes) is 7. The molecular formula is C38H56O2P+. The molecule has 3 rings (SSSR count). The summed E-state index contributed by atoms with van der Waals surface area (Å²) >= 11 is 0. The summed E-state index contributed by atoms with van der Waals surface area (Å²) in [6, 6.07) is 28.3. The van der Waals surface area contributed by atoms with Gasteiger partial charge in [0.15, 0.2) is 6.29 Å². The molecule has 0 unspecified atom stereocenters. The Morgan fingerprint density at radius 2 is 0.854 bits per heavy atom. The molecule has 2 nitrogen and oxygen atoms in total. The summed E-state index contributed by atoms with van der Waals surface area (Å²) in [5, 5.41) is 4.52. The van der Waals surface area contributed by atoms with E-state index in [1.54, 1.807) is 0 Å². The molecule has 0 spiro atoms. The molecule has 0 saturated heterocycles. The Labute approximate surface area is 252 Å². The zero-order chi connectivity index (χ0) is 29.3. The van der Waals surface area contributed by atoms with Crippen LogP contribution < -0.4 is 15.9 Å². The molecule has 3 aromatic carbocycles. The van der Waals surface area contributed by atoms with Crippen LogP contribution in [0.1, 0.15) is 101 Å². The van der Waals surface area contributed by atoms with Gasteiger partial charge in [-0.25, -0.2) is 0 Å². The maximum absolute atomic E-state index is 6.04. The number of ether oxygens (including phenoxy) is 2. The van der Waals surface area contributed by atoms with Crippen molar-refractivity contribution in [1.82, 2.24) is 0 Å². The predicted octanol–water partition coefficient (Wildman–Crippen LogP) is 9.60. The Balaban J connectivity index is 1.62. The van der Waals surface area contributed by atoms with Crippen LogP contribution in [0.4, 0.5) is 0 Å². The van der Waals surface area contributed by atoms with Crippen molar-refractivity contribution in [3.63, 3.8) is 0 Å². The van der Waals surface area contributed by atoms with Gasteiger partial charge in [-0.1, -0.05) is 99.0 Å². The molecule has 0 bridgehead atoms. The number of benzene rings is 3. The van der Waals surface area contributed by atoms with Crippen molar-refractivity contribution < 1.29 is 9.47 Å². The first-order valence-corrected chi connectivity index (χ1v) is 18.3. The molecule has 0 aliphatic rings. The Bertz CT molecular complexity index is 968. The van der Waals surface area contributed by atoms with E-state index in [9.17, 15) is 0 Å². The van der Waals surface area contributed by atoms with Crippen molar-refractivity contribution in [1.29, 1.82) is 0 Å². The van der Waals surface area contributed by atoms with E-state index < -0.39 is 7.26 Å². The zero-order valence-corrected chi connectivity index (χ0v) is 27.6. The fraction of sp³-hybridized carbons (Fsp3) is 0.526. The minimum atomic E-state index is -1.75. The monoisotopic (exact) mass is 575 g/mol. The van der Waals surface area contributed by atoms with Gasteiger partial charge in [-0.15, -0.1) is 0 Å². The van der Waals surface area contributed by atoms with E-state index in [4.69, 9.17) is 9.47 Å². The van der Waals surface area contributed by atoms with Gasteiger partial charge in [-0.3, -0.25) is 0 Å². The van der Waals surface area contributed by atoms with Gasteiger partial charge >= 0.3 is 0 Å². The van der Waals surface area contributed by atoms with E-state index in [-0.39, 0.29) is 6.29 Å². The number of hydrogen-bond donors (Lipinski definition) is 0. The van der Waals surface area contributed by atoms with Crippen LogP contribution >= 0.6 is 7.26 Å². The molecule has 0 aliphatic carbocycles. The minimum Gasteiger partial charge on any atom is -0.353 e. The molecule has 0 N–H and O–H groups in total. The fourth-order valence-electron chi connectivity index (χ4n) is 5.53. The van der Waals surface area contributed by atoms with Crippen molar-refractivity contribution in [2.75, 3.05) is 19.4 Å². The smallest absolute Gasteiger partial charge is 0.157 e. The highest BCUT2D eigenvalue weighted by atomic mass is 31.2. The third-order valence-electron chi connectivity index (χ3n) is 8.21. The molecule has 0 amide bonds. The molecule has 0 heterocycles. The second-order valence-corrected chi connectivity index (χ2v) is 15.4. The third-order valence-corrected chi connectivity index (χ3v) is 12.7. The van der Waals surface area contributed by atoms with E-state index in [1.165, 1.54) is 90.1 Å². The average molecular weight is 576 g/mol. The van der Waals surface area contributed by atoms with E-state index in [2.05, 4.69) is 107 Å².